The molecule has 2 aliphatic rings. The first-order valence-electron chi connectivity index (χ1n) is 8.38. The molecular formula is C16H23N5O2S2. The molecule has 3 N–H and O–H groups in total. The van der Waals surface area contributed by atoms with Crippen molar-refractivity contribution in [1.82, 2.24) is 10.2 Å². The molecule has 0 spiro atoms. The number of nitrogens with two attached hydrogens (primary N) is 1. The van der Waals surface area contributed by atoms with E-state index >= 15 is 0 Å². The second-order valence-corrected chi connectivity index (χ2v) is 7.69. The third kappa shape index (κ3) is 5.72. The highest BCUT2D eigenvalue weighted by atomic mass is 32.2. The van der Waals surface area contributed by atoms with Crippen molar-refractivity contribution in [2.24, 2.45) is 14.5 Å². The van der Waals surface area contributed by atoms with Crippen LogP contribution < -0.4 is 15.8 Å². The van der Waals surface area contributed by atoms with E-state index in [-0.39, 0.29) is 5.84 Å². The van der Waals surface area contributed by atoms with Crippen molar-refractivity contribution in [3.8, 4) is 5.75 Å². The Morgan fingerprint density at radius 1 is 1.32 bits per heavy atom. The zero-order valence-corrected chi connectivity index (χ0v) is 15.7. The number of nitrogens with one attached hydrogen (secondary N) is 1. The minimum Gasteiger partial charge on any atom is -0.493 e. The van der Waals surface area contributed by atoms with Gasteiger partial charge in [-0.05, 0) is 50.6 Å². The van der Waals surface area contributed by atoms with E-state index in [4.69, 9.17) is 10.5 Å². The number of nitrogens with zero attached hydrogens (tertiary/aromatic N) is 3. The van der Waals surface area contributed by atoms with Crippen LogP contribution in [-0.4, -0.2) is 52.9 Å². The molecule has 0 aliphatic carbocycles. The van der Waals surface area contributed by atoms with Crippen molar-refractivity contribution in [2.45, 2.75) is 24.2 Å². The second kappa shape index (κ2) is 9.21. The molecule has 0 radical (unpaired) electrons. The Morgan fingerprint density at radius 2 is 2.16 bits per heavy atom. The smallest absolute Gasteiger partial charge is 0.269 e. The molecule has 0 bridgehead atoms. The SMILES string of the molecule is NC1=NS(=O)N=C1NCCCOc1cccc(SCN2CCCC2)c1. The highest BCUT2D eigenvalue weighted by Gasteiger charge is 2.14. The van der Waals surface area contributed by atoms with Gasteiger partial charge >= 0.3 is 0 Å². The Hall–Kier alpha value is -1.58. The quantitative estimate of drug-likeness (QED) is 0.524. The summed E-state index contributed by atoms with van der Waals surface area (Å²) in [6.07, 6.45) is 3.42. The number of ether oxygens (including phenoxy) is 1. The molecule has 25 heavy (non-hydrogen) atoms. The van der Waals surface area contributed by atoms with Gasteiger partial charge in [-0.3, -0.25) is 4.90 Å². The molecule has 3 rings (SSSR count). The molecule has 7 nitrogen and oxygen atoms in total. The summed E-state index contributed by atoms with van der Waals surface area (Å²) in [5, 5.41) is 3.02. The average molecular weight is 382 g/mol. The van der Waals surface area contributed by atoms with Crippen LogP contribution in [0.25, 0.3) is 0 Å². The van der Waals surface area contributed by atoms with E-state index in [1.165, 1.54) is 30.8 Å². The summed E-state index contributed by atoms with van der Waals surface area (Å²) in [6.45, 7) is 3.64. The molecule has 2 heterocycles. The highest BCUT2D eigenvalue weighted by molar-refractivity contribution is 7.99. The van der Waals surface area contributed by atoms with E-state index in [2.05, 4.69) is 31.1 Å². The summed E-state index contributed by atoms with van der Waals surface area (Å²) in [6, 6.07) is 8.21. The molecule has 9 heteroatoms. The molecule has 1 aromatic rings. The van der Waals surface area contributed by atoms with Crippen molar-refractivity contribution in [3.05, 3.63) is 24.3 Å². The standard InChI is InChI=1S/C16H23N5O2S2/c17-15-16(20-25(22)19-15)18-7-4-10-23-13-5-3-6-14(11-13)24-12-21-8-1-2-9-21/h3,5-6,11H,1-2,4,7-10,12H2,(H2,17,19)(H,18,20). The number of hydrogen-bond acceptors (Lipinski definition) is 6. The van der Waals surface area contributed by atoms with E-state index in [9.17, 15) is 4.21 Å². The number of benzene rings is 1. The number of amidine groups is 2. The normalized spacial score (nSPS) is 20.4. The first kappa shape index (κ1) is 18.2. The molecule has 1 atom stereocenters. The molecule has 1 saturated heterocycles. The van der Waals surface area contributed by atoms with E-state index < -0.39 is 11.2 Å². The van der Waals surface area contributed by atoms with Crippen LogP contribution in [0.15, 0.2) is 38.0 Å². The van der Waals surface area contributed by atoms with Crippen LogP contribution in [0.3, 0.4) is 0 Å². The fourth-order valence-electron chi connectivity index (χ4n) is 2.60. The fraction of sp³-hybridized carbons (Fsp3) is 0.500. The summed E-state index contributed by atoms with van der Waals surface area (Å²) in [4.78, 5) is 3.71. The van der Waals surface area contributed by atoms with Crippen molar-refractivity contribution >= 4 is 34.6 Å². The van der Waals surface area contributed by atoms with Gasteiger partial charge in [0.15, 0.2) is 11.7 Å². The maximum Gasteiger partial charge on any atom is 0.269 e. The Labute approximate surface area is 154 Å². The summed E-state index contributed by atoms with van der Waals surface area (Å²) in [5.41, 5.74) is 5.59. The number of thioether (sulfide) groups is 1. The molecule has 0 saturated carbocycles. The predicted octanol–water partition coefficient (Wildman–Crippen LogP) is 1.54. The molecule has 1 unspecified atom stereocenters. The van der Waals surface area contributed by atoms with Gasteiger partial charge in [0.2, 0.25) is 0 Å². The van der Waals surface area contributed by atoms with Gasteiger partial charge in [-0.15, -0.1) is 20.6 Å². The maximum absolute atomic E-state index is 11.1. The topological polar surface area (TPSA) is 92.3 Å². The zero-order valence-electron chi connectivity index (χ0n) is 14.0. The van der Waals surface area contributed by atoms with Crippen LogP contribution in [-0.2, 0) is 11.2 Å². The molecular weight excluding hydrogens is 358 g/mol. The lowest BCUT2D eigenvalue weighted by Crippen LogP contribution is -2.35. The van der Waals surface area contributed by atoms with Crippen molar-refractivity contribution in [3.63, 3.8) is 0 Å². The summed E-state index contributed by atoms with van der Waals surface area (Å²) in [7, 11) is 0. The van der Waals surface area contributed by atoms with Crippen LogP contribution >= 0.6 is 11.8 Å². The van der Waals surface area contributed by atoms with Crippen molar-refractivity contribution < 1.29 is 8.95 Å². The summed E-state index contributed by atoms with van der Waals surface area (Å²) >= 11 is 0.280. The van der Waals surface area contributed by atoms with Crippen molar-refractivity contribution in [2.75, 3.05) is 32.1 Å². The van der Waals surface area contributed by atoms with Gasteiger partial charge in [-0.2, -0.15) is 0 Å². The summed E-state index contributed by atoms with van der Waals surface area (Å²) in [5.74, 6) is 2.52. The maximum atomic E-state index is 11.1. The number of likely N-dealkylation sites (tertiary alicyclic amines) is 1. The molecule has 0 amide bonds. The lowest BCUT2D eigenvalue weighted by atomic mass is 10.3. The average Bonchev–Trinajstić information content (AvgIpc) is 3.23. The third-order valence-electron chi connectivity index (χ3n) is 3.89. The Morgan fingerprint density at radius 3 is 2.92 bits per heavy atom. The largest absolute Gasteiger partial charge is 0.493 e. The Bertz CT molecular complexity index is 674. The van der Waals surface area contributed by atoms with Crippen molar-refractivity contribution in [1.29, 1.82) is 0 Å². The Kier molecular flexibility index (Phi) is 6.71. The second-order valence-electron chi connectivity index (χ2n) is 5.85. The number of hydrogen-bond donors (Lipinski definition) is 2. The lowest BCUT2D eigenvalue weighted by molar-refractivity contribution is 0.310. The fourth-order valence-corrected chi connectivity index (χ4v) is 4.17. The number of rotatable bonds is 8. The first-order chi connectivity index (χ1) is 12.2. The van der Waals surface area contributed by atoms with Gasteiger partial charge in [0.05, 0.1) is 6.61 Å². The van der Waals surface area contributed by atoms with Gasteiger partial charge in [-0.1, -0.05) is 6.07 Å². The highest BCUT2D eigenvalue weighted by Crippen LogP contribution is 2.25. The van der Waals surface area contributed by atoms with Gasteiger partial charge < -0.3 is 15.8 Å². The lowest BCUT2D eigenvalue weighted by Gasteiger charge is -2.14. The monoisotopic (exact) mass is 381 g/mol. The minimum atomic E-state index is -1.57. The van der Waals surface area contributed by atoms with E-state index in [1.807, 2.05) is 23.9 Å². The van der Waals surface area contributed by atoms with E-state index in [0.29, 0.717) is 19.0 Å². The third-order valence-corrected chi connectivity index (χ3v) is 5.66. The van der Waals surface area contributed by atoms with E-state index in [0.717, 1.165) is 18.0 Å². The van der Waals surface area contributed by atoms with Crippen LogP contribution in [0.4, 0.5) is 0 Å². The molecule has 0 aromatic heterocycles. The first-order valence-corrected chi connectivity index (χ1v) is 10.4. The van der Waals surface area contributed by atoms with Crippen LogP contribution in [0.5, 0.6) is 5.75 Å². The zero-order chi connectivity index (χ0) is 17.5. The minimum absolute atomic E-state index is 0.196. The van der Waals surface area contributed by atoms with E-state index in [1.54, 1.807) is 0 Å². The van der Waals surface area contributed by atoms with Gasteiger partial charge in [0.25, 0.3) is 11.2 Å². The summed E-state index contributed by atoms with van der Waals surface area (Å²) < 4.78 is 24.3. The van der Waals surface area contributed by atoms with Crippen LogP contribution in [0.2, 0.25) is 0 Å². The van der Waals surface area contributed by atoms with Gasteiger partial charge in [0.1, 0.15) is 5.75 Å². The molecule has 1 fully saturated rings. The van der Waals surface area contributed by atoms with Gasteiger partial charge in [-0.25, -0.2) is 4.21 Å². The molecule has 136 valence electrons. The Balaban J connectivity index is 1.35. The van der Waals surface area contributed by atoms with Crippen LogP contribution in [0.1, 0.15) is 19.3 Å². The van der Waals surface area contributed by atoms with Crippen LogP contribution in [0, 0.1) is 0 Å². The predicted molar refractivity (Wildman–Crippen MR) is 103 cm³/mol. The molecule has 2 aliphatic heterocycles. The van der Waals surface area contributed by atoms with Gasteiger partial charge in [0, 0.05) is 17.3 Å². The molecule has 1 aromatic carbocycles.